The molecule has 3 unspecified atom stereocenters. The zero-order valence-electron chi connectivity index (χ0n) is 16.8. The van der Waals surface area contributed by atoms with Crippen molar-refractivity contribution >= 4 is 49.2 Å². The summed E-state index contributed by atoms with van der Waals surface area (Å²) in [5.41, 5.74) is -1.80. The largest absolute Gasteiger partial charge is 0.480 e. The molecule has 4 rings (SSSR count). The van der Waals surface area contributed by atoms with Gasteiger partial charge in [-0.1, -0.05) is 11.6 Å². The van der Waals surface area contributed by atoms with E-state index in [1.54, 1.807) is 0 Å². The first kappa shape index (κ1) is 24.0. The Morgan fingerprint density at radius 2 is 2.00 bits per heavy atom. The van der Waals surface area contributed by atoms with E-state index in [0.29, 0.717) is 11.0 Å². The van der Waals surface area contributed by atoms with Gasteiger partial charge in [0.15, 0.2) is 9.84 Å². The number of likely N-dealkylation sites (tertiary alicyclic amines) is 1. The standard InChI is InChI=1S/C20H17BrClF2N3O5S/c21-10-5-14(24)17(25-8-10)20(3-4-26-20)19(30)27-9-12(7-15(27)18(28)29)33(31,32)16-2-1-11(23)6-13(16)22/h1-2,5-6,8,12,15,26H,3-4,7,9H2,(H,28,29). The summed E-state index contributed by atoms with van der Waals surface area (Å²) in [5.74, 6) is -3.67. The number of benzene rings is 1. The van der Waals surface area contributed by atoms with Crippen LogP contribution in [-0.4, -0.2) is 59.7 Å². The Morgan fingerprint density at radius 1 is 1.30 bits per heavy atom. The van der Waals surface area contributed by atoms with E-state index in [9.17, 15) is 31.9 Å². The van der Waals surface area contributed by atoms with Gasteiger partial charge in [0.05, 0.1) is 15.2 Å². The first-order valence-electron chi connectivity index (χ1n) is 9.77. The topological polar surface area (TPSA) is 117 Å². The molecule has 8 nitrogen and oxygen atoms in total. The average Bonchev–Trinajstić information content (AvgIpc) is 3.15. The van der Waals surface area contributed by atoms with Gasteiger partial charge in [0.2, 0.25) is 5.91 Å². The number of carboxylic acids is 1. The fraction of sp³-hybridized carbons (Fsp3) is 0.350. The second kappa shape index (κ2) is 8.57. The lowest BCUT2D eigenvalue weighted by Crippen LogP contribution is -2.65. The first-order valence-corrected chi connectivity index (χ1v) is 12.5. The molecule has 33 heavy (non-hydrogen) atoms. The van der Waals surface area contributed by atoms with Gasteiger partial charge < -0.3 is 10.0 Å². The molecule has 3 atom stereocenters. The van der Waals surface area contributed by atoms with E-state index >= 15 is 0 Å². The third-order valence-corrected chi connectivity index (χ3v) is 9.00. The normalized spacial score (nSPS) is 25.0. The molecule has 0 bridgehead atoms. The van der Waals surface area contributed by atoms with Gasteiger partial charge in [-0.15, -0.1) is 0 Å². The average molecular weight is 565 g/mol. The van der Waals surface area contributed by atoms with E-state index < -0.39 is 63.1 Å². The second-order valence-electron chi connectivity index (χ2n) is 7.86. The minimum atomic E-state index is -4.20. The molecule has 0 spiro atoms. The highest BCUT2D eigenvalue weighted by Gasteiger charge is 2.55. The van der Waals surface area contributed by atoms with Crippen molar-refractivity contribution in [1.82, 2.24) is 15.2 Å². The summed E-state index contributed by atoms with van der Waals surface area (Å²) in [5, 5.41) is 10.9. The van der Waals surface area contributed by atoms with Crippen LogP contribution in [-0.2, 0) is 25.0 Å². The van der Waals surface area contributed by atoms with Crippen molar-refractivity contribution in [2.24, 2.45) is 0 Å². The molecule has 2 aliphatic heterocycles. The van der Waals surface area contributed by atoms with E-state index in [1.807, 2.05) is 0 Å². The lowest BCUT2D eigenvalue weighted by atomic mass is 9.82. The predicted octanol–water partition coefficient (Wildman–Crippen LogP) is 2.49. The number of carboxylic acid groups (broad SMARTS) is 1. The van der Waals surface area contributed by atoms with Crippen molar-refractivity contribution in [3.05, 3.63) is 57.3 Å². The van der Waals surface area contributed by atoms with Crippen LogP contribution in [0.5, 0.6) is 0 Å². The lowest BCUT2D eigenvalue weighted by Gasteiger charge is -2.44. The summed E-state index contributed by atoms with van der Waals surface area (Å²) in [7, 11) is -4.20. The van der Waals surface area contributed by atoms with E-state index in [-0.39, 0.29) is 22.0 Å². The zero-order chi connectivity index (χ0) is 24.1. The Labute approximate surface area is 201 Å². The maximum absolute atomic E-state index is 14.7. The number of nitrogens with one attached hydrogen (secondary N) is 1. The predicted molar refractivity (Wildman–Crippen MR) is 116 cm³/mol. The van der Waals surface area contributed by atoms with Crippen molar-refractivity contribution in [3.63, 3.8) is 0 Å². The molecule has 176 valence electrons. The van der Waals surface area contributed by atoms with E-state index in [4.69, 9.17) is 11.6 Å². The van der Waals surface area contributed by atoms with Gasteiger partial charge in [-0.2, -0.15) is 0 Å². The number of rotatable bonds is 5. The monoisotopic (exact) mass is 563 g/mol. The molecule has 0 saturated carbocycles. The summed E-state index contributed by atoms with van der Waals surface area (Å²) in [6.45, 7) is -0.0885. The van der Waals surface area contributed by atoms with Crippen LogP contribution < -0.4 is 5.32 Å². The summed E-state index contributed by atoms with van der Waals surface area (Å²) in [4.78, 5) is 30.1. The highest BCUT2D eigenvalue weighted by molar-refractivity contribution is 9.10. The van der Waals surface area contributed by atoms with Crippen LogP contribution in [0.4, 0.5) is 8.78 Å². The van der Waals surface area contributed by atoms with Crippen LogP contribution in [0.1, 0.15) is 18.5 Å². The second-order valence-corrected chi connectivity index (χ2v) is 11.4. The van der Waals surface area contributed by atoms with E-state index in [0.717, 1.165) is 29.2 Å². The number of hydrogen-bond acceptors (Lipinski definition) is 6. The molecular formula is C20H17BrClF2N3O5S. The number of halogens is 4. The number of carbonyl (C=O) groups excluding carboxylic acids is 1. The maximum atomic E-state index is 14.7. The van der Waals surface area contributed by atoms with Crippen LogP contribution >= 0.6 is 27.5 Å². The smallest absolute Gasteiger partial charge is 0.326 e. The number of pyridine rings is 1. The fourth-order valence-corrected chi connectivity index (χ4v) is 6.73. The van der Waals surface area contributed by atoms with Crippen LogP contribution in [0.15, 0.2) is 39.8 Å². The number of amides is 1. The van der Waals surface area contributed by atoms with Crippen LogP contribution in [0, 0.1) is 11.6 Å². The SMILES string of the molecule is O=C(O)C1CC(S(=O)(=O)c2ccc(F)cc2Cl)CN1C(=O)C1(c2ncc(Br)cc2F)CCN1. The number of nitrogens with zero attached hydrogens (tertiary/aromatic N) is 2. The van der Waals surface area contributed by atoms with Gasteiger partial charge in [0.25, 0.3) is 0 Å². The zero-order valence-corrected chi connectivity index (χ0v) is 19.9. The number of carbonyl (C=O) groups is 2. The highest BCUT2D eigenvalue weighted by Crippen LogP contribution is 2.39. The van der Waals surface area contributed by atoms with Crippen LogP contribution in [0.2, 0.25) is 5.02 Å². The minimum absolute atomic E-state index is 0.154. The molecule has 2 aliphatic rings. The number of aromatic nitrogens is 1. The van der Waals surface area contributed by atoms with Gasteiger partial charge in [-0.05, 0) is 59.6 Å². The number of aliphatic carboxylic acids is 1. The van der Waals surface area contributed by atoms with Gasteiger partial charge in [-0.25, -0.2) is 22.0 Å². The van der Waals surface area contributed by atoms with E-state index in [2.05, 4.69) is 26.2 Å². The maximum Gasteiger partial charge on any atom is 0.326 e. The lowest BCUT2D eigenvalue weighted by molar-refractivity contribution is -0.153. The van der Waals surface area contributed by atoms with Gasteiger partial charge in [0.1, 0.15) is 28.9 Å². The van der Waals surface area contributed by atoms with Crippen molar-refractivity contribution in [1.29, 1.82) is 0 Å². The Hall–Kier alpha value is -2.15. The summed E-state index contributed by atoms with van der Waals surface area (Å²) in [6.07, 6.45) is 1.07. The molecular weight excluding hydrogens is 548 g/mol. The van der Waals surface area contributed by atoms with Gasteiger partial charge in [-0.3, -0.25) is 15.1 Å². The van der Waals surface area contributed by atoms with Crippen molar-refractivity contribution in [3.8, 4) is 0 Å². The molecule has 1 aromatic heterocycles. The number of hydrogen-bond donors (Lipinski definition) is 2. The van der Waals surface area contributed by atoms with Crippen molar-refractivity contribution in [2.45, 2.75) is 34.6 Å². The molecule has 13 heteroatoms. The third-order valence-electron chi connectivity index (χ3n) is 5.95. The minimum Gasteiger partial charge on any atom is -0.480 e. The highest BCUT2D eigenvalue weighted by atomic mass is 79.9. The Balaban J connectivity index is 1.70. The molecule has 0 aliphatic carbocycles. The van der Waals surface area contributed by atoms with Gasteiger partial charge in [0, 0.05) is 17.2 Å². The Bertz CT molecular complexity index is 1260. The molecule has 1 aromatic carbocycles. The van der Waals surface area contributed by atoms with Crippen LogP contribution in [0.3, 0.4) is 0 Å². The third kappa shape index (κ3) is 4.02. The van der Waals surface area contributed by atoms with Crippen molar-refractivity contribution in [2.75, 3.05) is 13.1 Å². The molecule has 2 fully saturated rings. The summed E-state index contributed by atoms with van der Waals surface area (Å²) in [6, 6.07) is 2.45. The first-order chi connectivity index (χ1) is 15.5. The summed E-state index contributed by atoms with van der Waals surface area (Å²) < 4.78 is 54.8. The fourth-order valence-electron chi connectivity index (χ4n) is 4.20. The van der Waals surface area contributed by atoms with Gasteiger partial charge >= 0.3 is 5.97 Å². The molecule has 1 amide bonds. The molecule has 2 saturated heterocycles. The molecule has 2 aromatic rings. The number of sulfone groups is 1. The Morgan fingerprint density at radius 3 is 2.55 bits per heavy atom. The van der Waals surface area contributed by atoms with E-state index in [1.165, 1.54) is 6.20 Å². The molecule has 2 N–H and O–H groups in total. The van der Waals surface area contributed by atoms with Crippen molar-refractivity contribution < 1.29 is 31.9 Å². The molecule has 0 radical (unpaired) electrons. The van der Waals surface area contributed by atoms with Crippen LogP contribution in [0.25, 0.3) is 0 Å². The quantitative estimate of drug-likeness (QED) is 0.536. The summed E-state index contributed by atoms with van der Waals surface area (Å²) >= 11 is 9.03. The molecule has 3 heterocycles. The Kier molecular flexibility index (Phi) is 6.23.